The van der Waals surface area contributed by atoms with Crippen LogP contribution in [0.15, 0.2) is 67.0 Å². The molecule has 0 aliphatic heterocycles. The highest BCUT2D eigenvalue weighted by molar-refractivity contribution is 7.13. The zero-order valence-corrected chi connectivity index (χ0v) is 23.2. The van der Waals surface area contributed by atoms with Crippen LogP contribution in [0.4, 0.5) is 4.39 Å². The molecule has 5 aromatic rings. The van der Waals surface area contributed by atoms with Crippen LogP contribution in [0.25, 0.3) is 16.6 Å². The maximum absolute atomic E-state index is 13.4. The van der Waals surface area contributed by atoms with Crippen molar-refractivity contribution >= 4 is 28.1 Å². The minimum absolute atomic E-state index is 0.243. The first-order chi connectivity index (χ1) is 18.7. The van der Waals surface area contributed by atoms with Gasteiger partial charge in [-0.1, -0.05) is 0 Å². The van der Waals surface area contributed by atoms with Crippen molar-refractivity contribution in [2.75, 3.05) is 7.11 Å². The van der Waals surface area contributed by atoms with Gasteiger partial charge in [0.25, 0.3) is 5.91 Å². The highest BCUT2D eigenvalue weighted by Gasteiger charge is 2.26. The molecule has 0 fully saturated rings. The SMILES string of the molecule is COc1c(C)cc(C(Oc2ccc3c(cnn3-c3ccc(F)cc3)c2)C(C)NC(=O)c2ncc(C)s2)cc1C. The van der Waals surface area contributed by atoms with Crippen LogP contribution >= 0.6 is 11.3 Å². The molecule has 0 bridgehead atoms. The molecule has 0 aliphatic rings. The number of aryl methyl sites for hydroxylation is 3. The number of ether oxygens (including phenoxy) is 2. The molecule has 2 heterocycles. The third-order valence-electron chi connectivity index (χ3n) is 6.52. The van der Waals surface area contributed by atoms with E-state index in [-0.39, 0.29) is 17.8 Å². The molecule has 0 saturated heterocycles. The molecule has 7 nitrogen and oxygen atoms in total. The van der Waals surface area contributed by atoms with Crippen LogP contribution in [0.2, 0.25) is 0 Å². The van der Waals surface area contributed by atoms with Gasteiger partial charge in [0.2, 0.25) is 0 Å². The van der Waals surface area contributed by atoms with Gasteiger partial charge >= 0.3 is 0 Å². The Labute approximate surface area is 230 Å². The second-order valence-corrected chi connectivity index (χ2v) is 10.8. The summed E-state index contributed by atoms with van der Waals surface area (Å²) in [6.45, 7) is 7.82. The summed E-state index contributed by atoms with van der Waals surface area (Å²) in [5.74, 6) is 0.907. The molecular weight excluding hydrogens is 515 g/mol. The van der Waals surface area contributed by atoms with E-state index >= 15 is 0 Å². The molecule has 3 aromatic carbocycles. The number of carbonyl (C=O) groups excluding carboxylic acids is 1. The smallest absolute Gasteiger partial charge is 0.280 e. The van der Waals surface area contributed by atoms with Gasteiger partial charge < -0.3 is 14.8 Å². The number of hydrogen-bond acceptors (Lipinski definition) is 6. The van der Waals surface area contributed by atoms with Crippen molar-refractivity contribution in [2.45, 2.75) is 39.8 Å². The summed E-state index contributed by atoms with van der Waals surface area (Å²) in [6, 6.07) is 15.6. The lowest BCUT2D eigenvalue weighted by atomic mass is 9.97. The number of halogens is 1. The maximum atomic E-state index is 13.4. The third-order valence-corrected chi connectivity index (χ3v) is 7.43. The van der Waals surface area contributed by atoms with Crippen LogP contribution in [0.1, 0.15) is 44.4 Å². The zero-order chi connectivity index (χ0) is 27.7. The molecule has 0 spiro atoms. The van der Waals surface area contributed by atoms with E-state index in [4.69, 9.17) is 9.47 Å². The van der Waals surface area contributed by atoms with Crippen LogP contribution in [-0.2, 0) is 0 Å². The van der Waals surface area contributed by atoms with E-state index in [2.05, 4.69) is 15.4 Å². The Balaban J connectivity index is 1.47. The zero-order valence-electron chi connectivity index (χ0n) is 22.4. The van der Waals surface area contributed by atoms with Gasteiger partial charge in [0, 0.05) is 16.5 Å². The number of nitrogens with zero attached hydrogens (tertiary/aromatic N) is 3. The number of rotatable bonds is 8. The molecule has 5 rings (SSSR count). The molecular formula is C30H29FN4O3S. The predicted molar refractivity (Wildman–Crippen MR) is 151 cm³/mol. The van der Waals surface area contributed by atoms with Gasteiger partial charge in [-0.05, 0) is 99.0 Å². The fraction of sp³-hybridized carbons (Fsp3) is 0.233. The molecule has 0 aliphatic carbocycles. The fourth-order valence-electron chi connectivity index (χ4n) is 4.75. The Kier molecular flexibility index (Phi) is 7.34. The van der Waals surface area contributed by atoms with Gasteiger partial charge in [0.1, 0.15) is 23.4 Å². The maximum Gasteiger partial charge on any atom is 0.280 e. The van der Waals surface area contributed by atoms with Crippen molar-refractivity contribution < 1.29 is 18.7 Å². The van der Waals surface area contributed by atoms with Gasteiger partial charge in [-0.3, -0.25) is 4.79 Å². The van der Waals surface area contributed by atoms with Gasteiger partial charge in [-0.2, -0.15) is 5.10 Å². The Bertz CT molecular complexity index is 1620. The Hall–Kier alpha value is -4.24. The van der Waals surface area contributed by atoms with Crippen LogP contribution in [0.5, 0.6) is 11.5 Å². The molecule has 200 valence electrons. The number of hydrogen-bond donors (Lipinski definition) is 1. The molecule has 39 heavy (non-hydrogen) atoms. The van der Waals surface area contributed by atoms with Crippen molar-refractivity contribution in [3.05, 3.63) is 99.4 Å². The lowest BCUT2D eigenvalue weighted by Gasteiger charge is -2.27. The lowest BCUT2D eigenvalue weighted by Crippen LogP contribution is -2.39. The predicted octanol–water partition coefficient (Wildman–Crippen LogP) is 6.49. The van der Waals surface area contributed by atoms with Crippen molar-refractivity contribution in [1.29, 1.82) is 0 Å². The van der Waals surface area contributed by atoms with E-state index in [9.17, 15) is 9.18 Å². The summed E-state index contributed by atoms with van der Waals surface area (Å²) in [5, 5.41) is 8.84. The average Bonchev–Trinajstić information content (AvgIpc) is 3.53. The summed E-state index contributed by atoms with van der Waals surface area (Å²) in [7, 11) is 1.66. The van der Waals surface area contributed by atoms with Crippen molar-refractivity contribution in [3.8, 4) is 17.2 Å². The van der Waals surface area contributed by atoms with Crippen molar-refractivity contribution in [1.82, 2.24) is 20.1 Å². The first-order valence-corrected chi connectivity index (χ1v) is 13.3. The van der Waals surface area contributed by atoms with E-state index in [0.717, 1.165) is 43.9 Å². The van der Waals surface area contributed by atoms with E-state index in [0.29, 0.717) is 10.8 Å². The summed E-state index contributed by atoms with van der Waals surface area (Å²) in [6.07, 6.45) is 2.94. The number of aromatic nitrogens is 3. The third kappa shape index (κ3) is 5.49. The van der Waals surface area contributed by atoms with E-state index in [1.54, 1.807) is 36.3 Å². The topological polar surface area (TPSA) is 78.3 Å². The largest absolute Gasteiger partial charge is 0.496 e. The number of nitrogens with one attached hydrogen (secondary N) is 1. The van der Waals surface area contributed by atoms with Crippen LogP contribution in [-0.4, -0.2) is 33.8 Å². The van der Waals surface area contributed by atoms with E-state index in [1.807, 2.05) is 58.0 Å². The highest BCUT2D eigenvalue weighted by atomic mass is 32.1. The van der Waals surface area contributed by atoms with Crippen molar-refractivity contribution in [3.63, 3.8) is 0 Å². The van der Waals surface area contributed by atoms with E-state index in [1.165, 1.54) is 23.5 Å². The molecule has 2 unspecified atom stereocenters. The quantitative estimate of drug-likeness (QED) is 0.242. The fourth-order valence-corrected chi connectivity index (χ4v) is 5.42. The monoisotopic (exact) mass is 544 g/mol. The molecule has 2 atom stereocenters. The number of benzene rings is 3. The number of fused-ring (bicyclic) bond motifs is 1. The molecule has 1 N–H and O–H groups in total. The van der Waals surface area contributed by atoms with Crippen molar-refractivity contribution in [2.24, 2.45) is 0 Å². The summed E-state index contributed by atoms with van der Waals surface area (Å²) in [5.41, 5.74) is 4.49. The molecule has 9 heteroatoms. The molecule has 0 saturated carbocycles. The Morgan fingerprint density at radius 1 is 1.03 bits per heavy atom. The van der Waals surface area contributed by atoms with Crippen LogP contribution < -0.4 is 14.8 Å². The highest BCUT2D eigenvalue weighted by Crippen LogP contribution is 2.33. The van der Waals surface area contributed by atoms with Crippen LogP contribution in [0.3, 0.4) is 0 Å². The number of amides is 1. The molecule has 1 amide bonds. The second-order valence-electron chi connectivity index (χ2n) is 9.52. The number of carbonyl (C=O) groups is 1. The summed E-state index contributed by atoms with van der Waals surface area (Å²) in [4.78, 5) is 18.1. The van der Waals surface area contributed by atoms with Gasteiger partial charge in [-0.25, -0.2) is 14.1 Å². The second kappa shape index (κ2) is 10.9. The first-order valence-electron chi connectivity index (χ1n) is 12.5. The average molecular weight is 545 g/mol. The van der Waals surface area contributed by atoms with Crippen LogP contribution in [0, 0.1) is 26.6 Å². The van der Waals surface area contributed by atoms with Gasteiger partial charge in [0.15, 0.2) is 5.01 Å². The normalized spacial score (nSPS) is 12.8. The molecule has 2 aromatic heterocycles. The lowest BCUT2D eigenvalue weighted by molar-refractivity contribution is 0.0881. The minimum atomic E-state index is -0.497. The summed E-state index contributed by atoms with van der Waals surface area (Å²) < 4.78 is 27.3. The molecule has 0 radical (unpaired) electrons. The standard InChI is InChI=1S/C30H29FN4O3S/c1-17-12-21(13-18(2)27(17)37-5)28(20(4)34-29(36)30-32-15-19(3)39-30)38-25-10-11-26-22(14-25)16-33-35(26)24-8-6-23(31)7-9-24/h6-16,20,28H,1-5H3,(H,34,36). The Morgan fingerprint density at radius 3 is 2.38 bits per heavy atom. The Morgan fingerprint density at radius 2 is 1.74 bits per heavy atom. The first kappa shape index (κ1) is 26.4. The van der Waals surface area contributed by atoms with E-state index < -0.39 is 6.10 Å². The van der Waals surface area contributed by atoms with Gasteiger partial charge in [0.05, 0.1) is 30.6 Å². The minimum Gasteiger partial charge on any atom is -0.496 e. The van der Waals surface area contributed by atoms with Gasteiger partial charge in [-0.15, -0.1) is 11.3 Å². The number of thiazole rings is 1. The summed E-state index contributed by atoms with van der Waals surface area (Å²) >= 11 is 1.35. The number of methoxy groups -OCH3 is 1.